The van der Waals surface area contributed by atoms with E-state index in [1.54, 1.807) is 47.3 Å². The number of amides is 1. The second-order valence-electron chi connectivity index (χ2n) is 9.73. The first-order chi connectivity index (χ1) is 17.0. The van der Waals surface area contributed by atoms with Gasteiger partial charge in [0.2, 0.25) is 15.9 Å². The Kier molecular flexibility index (Phi) is 6.67. The minimum Gasteiger partial charge on any atom is -0.361 e. The number of likely N-dealkylation sites (tertiary alicyclic amines) is 1. The van der Waals surface area contributed by atoms with Crippen molar-refractivity contribution in [2.24, 2.45) is 11.8 Å². The average Bonchev–Trinajstić information content (AvgIpc) is 3.54. The van der Waals surface area contributed by atoms with Crippen molar-refractivity contribution in [2.75, 3.05) is 13.1 Å². The lowest BCUT2D eigenvalue weighted by Crippen LogP contribution is -2.53. The van der Waals surface area contributed by atoms with Crippen molar-refractivity contribution in [3.63, 3.8) is 0 Å². The molecule has 0 radical (unpaired) electrons. The zero-order valence-corrected chi connectivity index (χ0v) is 20.5. The van der Waals surface area contributed by atoms with Crippen molar-refractivity contribution in [1.29, 1.82) is 5.26 Å². The van der Waals surface area contributed by atoms with E-state index in [2.05, 4.69) is 15.8 Å². The molecular weight excluding hydrogens is 462 g/mol. The molecule has 2 fully saturated rings. The molecule has 5 rings (SSSR count). The van der Waals surface area contributed by atoms with Crippen molar-refractivity contribution in [3.05, 3.63) is 54.5 Å². The van der Waals surface area contributed by atoms with Gasteiger partial charge in [-0.05, 0) is 61.4 Å². The number of hydrogen-bond donors (Lipinski definition) is 2. The molecule has 0 bridgehead atoms. The number of carbonyl (C=O) groups is 1. The number of H-pyrrole nitrogens is 1. The Morgan fingerprint density at radius 3 is 2.80 bits per heavy atom. The number of aromatic nitrogens is 2. The number of carbonyl (C=O) groups excluding carboxylic acids is 1. The van der Waals surface area contributed by atoms with Crippen molar-refractivity contribution < 1.29 is 13.2 Å². The molecule has 1 unspecified atom stereocenters. The molecule has 9 heteroatoms. The molecule has 1 aliphatic heterocycles. The molecule has 3 heterocycles. The van der Waals surface area contributed by atoms with Crippen LogP contribution in [0.1, 0.15) is 44.2 Å². The standard InChI is InChI=1S/C26H31N5O3S/c27-17-21-7-4-14-30(21)16-12-24(26(32)31-15-11-19-5-1-2-6-20(19)18-31)29-35(33,34)25-9-3-8-23-22(25)10-13-28-23/h3-4,7-10,13-14,19-20,24,28-29H,1-2,5-6,11-12,15-16,18H2/t19-,20+,24?/m1/s1. The molecule has 2 aromatic heterocycles. The van der Waals surface area contributed by atoms with Gasteiger partial charge in [0.25, 0.3) is 0 Å². The van der Waals surface area contributed by atoms with E-state index in [9.17, 15) is 18.5 Å². The highest BCUT2D eigenvalue weighted by molar-refractivity contribution is 7.89. The average molecular weight is 494 g/mol. The molecular formula is C26H31N5O3S. The Bertz CT molecular complexity index is 1350. The van der Waals surface area contributed by atoms with Crippen LogP contribution in [0.4, 0.5) is 0 Å². The molecule has 1 amide bonds. The summed E-state index contributed by atoms with van der Waals surface area (Å²) in [6.45, 7) is 1.73. The van der Waals surface area contributed by atoms with Gasteiger partial charge in [-0.15, -0.1) is 0 Å². The Morgan fingerprint density at radius 2 is 1.97 bits per heavy atom. The summed E-state index contributed by atoms with van der Waals surface area (Å²) in [5.74, 6) is 0.999. The van der Waals surface area contributed by atoms with E-state index in [0.717, 1.165) is 18.4 Å². The maximum atomic E-state index is 13.7. The normalized spacial score (nSPS) is 21.4. The molecule has 184 valence electrons. The van der Waals surface area contributed by atoms with Crippen LogP contribution >= 0.6 is 0 Å². The number of nitriles is 1. The third-order valence-electron chi connectivity index (χ3n) is 7.65. The molecule has 0 spiro atoms. The molecule has 1 aliphatic carbocycles. The third-order valence-corrected chi connectivity index (χ3v) is 9.18. The smallest absolute Gasteiger partial charge is 0.241 e. The lowest BCUT2D eigenvalue weighted by Gasteiger charge is -2.42. The SMILES string of the molecule is N#Cc1cccn1CCC(NS(=O)(=O)c1cccc2[nH]ccc12)C(=O)N1CC[C@H]2CCCC[C@H]2C1. The molecule has 1 aromatic carbocycles. The lowest BCUT2D eigenvalue weighted by atomic mass is 9.75. The maximum Gasteiger partial charge on any atom is 0.241 e. The maximum absolute atomic E-state index is 13.7. The second-order valence-corrected chi connectivity index (χ2v) is 11.4. The minimum absolute atomic E-state index is 0.152. The Morgan fingerprint density at radius 1 is 1.14 bits per heavy atom. The zero-order chi connectivity index (χ0) is 24.4. The van der Waals surface area contributed by atoms with Crippen molar-refractivity contribution in [1.82, 2.24) is 19.2 Å². The zero-order valence-electron chi connectivity index (χ0n) is 19.7. The highest BCUT2D eigenvalue weighted by Gasteiger charge is 2.36. The van der Waals surface area contributed by atoms with Crippen molar-refractivity contribution in [3.8, 4) is 6.07 Å². The molecule has 2 aliphatic rings. The van der Waals surface area contributed by atoms with E-state index in [1.165, 1.54) is 19.3 Å². The van der Waals surface area contributed by atoms with Gasteiger partial charge in [0.15, 0.2) is 0 Å². The number of aromatic amines is 1. The van der Waals surface area contributed by atoms with Crippen LogP contribution in [0.2, 0.25) is 0 Å². The van der Waals surface area contributed by atoms with Crippen LogP contribution in [0.15, 0.2) is 53.7 Å². The van der Waals surface area contributed by atoms with Gasteiger partial charge in [-0.3, -0.25) is 4.79 Å². The van der Waals surface area contributed by atoms with Gasteiger partial charge in [-0.2, -0.15) is 9.98 Å². The Hall–Kier alpha value is -3.09. The molecule has 1 saturated heterocycles. The largest absolute Gasteiger partial charge is 0.361 e. The number of nitrogens with one attached hydrogen (secondary N) is 2. The van der Waals surface area contributed by atoms with Gasteiger partial charge in [0.05, 0.1) is 4.90 Å². The van der Waals surface area contributed by atoms with E-state index in [4.69, 9.17) is 0 Å². The number of aryl methyl sites for hydroxylation is 1. The van der Waals surface area contributed by atoms with Crippen LogP contribution in [0.25, 0.3) is 10.9 Å². The van der Waals surface area contributed by atoms with Gasteiger partial charge in [-0.1, -0.05) is 25.3 Å². The number of hydrogen-bond acceptors (Lipinski definition) is 4. The molecule has 8 nitrogen and oxygen atoms in total. The molecule has 3 aromatic rings. The number of fused-ring (bicyclic) bond motifs is 2. The molecule has 3 atom stereocenters. The summed E-state index contributed by atoms with van der Waals surface area (Å²) in [4.78, 5) is 18.8. The van der Waals surface area contributed by atoms with Gasteiger partial charge in [0.1, 0.15) is 17.8 Å². The quantitative estimate of drug-likeness (QED) is 0.524. The summed E-state index contributed by atoms with van der Waals surface area (Å²) < 4.78 is 31.5. The predicted octanol–water partition coefficient (Wildman–Crippen LogP) is 3.62. The summed E-state index contributed by atoms with van der Waals surface area (Å²) in [6, 6.07) is 11.5. The first-order valence-electron chi connectivity index (χ1n) is 12.4. The van der Waals surface area contributed by atoms with Gasteiger partial charge < -0.3 is 14.5 Å². The van der Waals surface area contributed by atoms with Crippen LogP contribution in [0, 0.1) is 23.2 Å². The van der Waals surface area contributed by atoms with E-state index < -0.39 is 16.1 Å². The fraction of sp³-hybridized carbons (Fsp3) is 0.462. The third kappa shape index (κ3) is 4.86. The van der Waals surface area contributed by atoms with Gasteiger partial charge in [-0.25, -0.2) is 8.42 Å². The van der Waals surface area contributed by atoms with E-state index in [1.807, 2.05) is 11.0 Å². The van der Waals surface area contributed by atoms with E-state index in [-0.39, 0.29) is 17.2 Å². The van der Waals surface area contributed by atoms with E-state index in [0.29, 0.717) is 42.6 Å². The molecule has 2 N–H and O–H groups in total. The van der Waals surface area contributed by atoms with Crippen LogP contribution in [-0.4, -0.2) is 47.9 Å². The number of piperidine rings is 1. The Labute approximate surface area is 206 Å². The number of rotatable bonds is 7. The predicted molar refractivity (Wildman–Crippen MR) is 133 cm³/mol. The fourth-order valence-corrected chi connectivity index (χ4v) is 7.22. The number of benzene rings is 1. The molecule has 35 heavy (non-hydrogen) atoms. The van der Waals surface area contributed by atoms with Crippen LogP contribution in [0.3, 0.4) is 0 Å². The van der Waals surface area contributed by atoms with E-state index >= 15 is 0 Å². The van der Waals surface area contributed by atoms with Gasteiger partial charge in [0, 0.05) is 42.9 Å². The summed E-state index contributed by atoms with van der Waals surface area (Å²) in [5.41, 5.74) is 1.21. The highest BCUT2D eigenvalue weighted by atomic mass is 32.2. The van der Waals surface area contributed by atoms with Crippen LogP contribution in [0.5, 0.6) is 0 Å². The second kappa shape index (κ2) is 9.88. The van der Waals surface area contributed by atoms with Crippen LogP contribution in [-0.2, 0) is 21.4 Å². The van der Waals surface area contributed by atoms with Crippen LogP contribution < -0.4 is 4.72 Å². The van der Waals surface area contributed by atoms with Crippen molar-refractivity contribution in [2.45, 2.75) is 56.0 Å². The van der Waals surface area contributed by atoms with Gasteiger partial charge >= 0.3 is 0 Å². The first-order valence-corrected chi connectivity index (χ1v) is 13.9. The fourth-order valence-electron chi connectivity index (χ4n) is 5.77. The minimum atomic E-state index is -3.96. The number of nitrogens with zero attached hydrogens (tertiary/aromatic N) is 3. The monoisotopic (exact) mass is 493 g/mol. The topological polar surface area (TPSA) is 111 Å². The lowest BCUT2D eigenvalue weighted by molar-refractivity contribution is -0.136. The molecule has 1 saturated carbocycles. The first kappa shape index (κ1) is 23.6. The summed E-state index contributed by atoms with van der Waals surface area (Å²) >= 11 is 0. The number of sulfonamides is 1. The van der Waals surface area contributed by atoms with Crippen molar-refractivity contribution >= 4 is 26.8 Å². The highest BCUT2D eigenvalue weighted by Crippen LogP contribution is 2.36. The summed E-state index contributed by atoms with van der Waals surface area (Å²) in [6.07, 6.45) is 9.55. The Balaban J connectivity index is 1.40. The summed E-state index contributed by atoms with van der Waals surface area (Å²) in [7, 11) is -3.96. The summed E-state index contributed by atoms with van der Waals surface area (Å²) in [5, 5.41) is 9.94.